The van der Waals surface area contributed by atoms with Gasteiger partial charge in [-0.1, -0.05) is 37.3 Å². The van der Waals surface area contributed by atoms with Crippen molar-refractivity contribution in [3.05, 3.63) is 35.9 Å². The largest absolute Gasteiger partial charge is 0.466 e. The minimum Gasteiger partial charge on any atom is -0.466 e. The number of esters is 1. The summed E-state index contributed by atoms with van der Waals surface area (Å²) in [4.78, 5) is 11.1. The van der Waals surface area contributed by atoms with Gasteiger partial charge in [-0.05, 0) is 18.4 Å². The molecule has 3 nitrogen and oxygen atoms in total. The number of hydrogen-bond donors (Lipinski definition) is 0. The molecule has 94 valence electrons. The molecule has 0 aliphatic heterocycles. The number of carbonyl (C=O) groups is 1. The van der Waals surface area contributed by atoms with Gasteiger partial charge in [0.1, 0.15) is 0 Å². The van der Waals surface area contributed by atoms with Crippen LogP contribution in [0.4, 0.5) is 0 Å². The van der Waals surface area contributed by atoms with Gasteiger partial charge in [-0.3, -0.25) is 4.79 Å². The highest BCUT2D eigenvalue weighted by Gasteiger charge is 2.01. The smallest absolute Gasteiger partial charge is 0.308 e. The van der Waals surface area contributed by atoms with Crippen molar-refractivity contribution in [1.82, 2.24) is 0 Å². The monoisotopic (exact) mass is 236 g/mol. The first-order valence-corrected chi connectivity index (χ1v) is 6.10. The Morgan fingerprint density at radius 3 is 2.59 bits per heavy atom. The van der Waals surface area contributed by atoms with E-state index in [1.807, 2.05) is 25.1 Å². The molecule has 0 radical (unpaired) electrons. The van der Waals surface area contributed by atoms with Crippen LogP contribution in [-0.2, 0) is 20.7 Å². The van der Waals surface area contributed by atoms with E-state index in [4.69, 9.17) is 9.47 Å². The number of rotatable bonds is 8. The van der Waals surface area contributed by atoms with Crippen LogP contribution in [0.5, 0.6) is 0 Å². The van der Waals surface area contributed by atoms with Crippen LogP contribution in [0.1, 0.15) is 25.3 Å². The summed E-state index contributed by atoms with van der Waals surface area (Å²) in [5.74, 6) is -0.174. The van der Waals surface area contributed by atoms with Crippen LogP contribution in [0.15, 0.2) is 30.3 Å². The molecular formula is C14H20O3. The average Bonchev–Trinajstić information content (AvgIpc) is 2.37. The summed E-state index contributed by atoms with van der Waals surface area (Å²) in [6, 6.07) is 10.2. The van der Waals surface area contributed by atoms with Gasteiger partial charge in [-0.25, -0.2) is 0 Å². The number of benzene rings is 1. The molecule has 0 saturated carbocycles. The molecule has 1 aromatic carbocycles. The maximum atomic E-state index is 11.1. The third-order valence-electron chi connectivity index (χ3n) is 2.30. The van der Waals surface area contributed by atoms with Gasteiger partial charge in [0.05, 0.1) is 26.2 Å². The van der Waals surface area contributed by atoms with Crippen molar-refractivity contribution < 1.29 is 14.3 Å². The predicted octanol–water partition coefficient (Wildman–Crippen LogP) is 2.59. The lowest BCUT2D eigenvalue weighted by molar-refractivity contribution is -0.144. The van der Waals surface area contributed by atoms with E-state index in [-0.39, 0.29) is 5.97 Å². The minimum atomic E-state index is -0.174. The van der Waals surface area contributed by atoms with Crippen molar-refractivity contribution in [2.24, 2.45) is 0 Å². The van der Waals surface area contributed by atoms with E-state index in [9.17, 15) is 4.79 Å². The van der Waals surface area contributed by atoms with Crippen LogP contribution >= 0.6 is 0 Å². The number of carbonyl (C=O) groups excluding carboxylic acids is 1. The molecule has 0 bridgehead atoms. The van der Waals surface area contributed by atoms with Crippen LogP contribution in [0.25, 0.3) is 0 Å². The highest BCUT2D eigenvalue weighted by Crippen LogP contribution is 2.00. The average molecular weight is 236 g/mol. The van der Waals surface area contributed by atoms with Gasteiger partial charge in [0, 0.05) is 0 Å². The van der Waals surface area contributed by atoms with Crippen LogP contribution in [0.2, 0.25) is 0 Å². The Bertz CT molecular complexity index is 309. The highest BCUT2D eigenvalue weighted by molar-refractivity contribution is 5.69. The van der Waals surface area contributed by atoms with Crippen LogP contribution < -0.4 is 0 Å². The quantitative estimate of drug-likeness (QED) is 0.514. The molecule has 0 heterocycles. The number of hydrogen-bond acceptors (Lipinski definition) is 3. The molecule has 0 atom stereocenters. The minimum absolute atomic E-state index is 0.174. The molecular weight excluding hydrogens is 216 g/mol. The molecule has 1 rings (SSSR count). The van der Waals surface area contributed by atoms with Crippen molar-refractivity contribution in [3.63, 3.8) is 0 Å². The zero-order valence-corrected chi connectivity index (χ0v) is 10.4. The summed E-state index contributed by atoms with van der Waals surface area (Å²) < 4.78 is 10.3. The molecule has 0 saturated heterocycles. The SMILES string of the molecule is CCCOC(=O)CCOCCc1ccccc1. The highest BCUT2D eigenvalue weighted by atomic mass is 16.5. The maximum absolute atomic E-state index is 11.1. The van der Waals surface area contributed by atoms with Gasteiger partial charge < -0.3 is 9.47 Å². The van der Waals surface area contributed by atoms with E-state index in [0.29, 0.717) is 26.2 Å². The van der Waals surface area contributed by atoms with E-state index in [2.05, 4.69) is 12.1 Å². The summed E-state index contributed by atoms with van der Waals surface area (Å²) in [5, 5.41) is 0. The summed E-state index contributed by atoms with van der Waals surface area (Å²) in [5.41, 5.74) is 1.25. The van der Waals surface area contributed by atoms with Gasteiger partial charge in [0.2, 0.25) is 0 Å². The Kier molecular flexibility index (Phi) is 7.07. The molecule has 0 spiro atoms. The third-order valence-corrected chi connectivity index (χ3v) is 2.30. The Morgan fingerprint density at radius 2 is 1.88 bits per heavy atom. The molecule has 0 amide bonds. The van der Waals surface area contributed by atoms with Crippen LogP contribution in [-0.4, -0.2) is 25.8 Å². The van der Waals surface area contributed by atoms with E-state index in [1.54, 1.807) is 0 Å². The summed E-state index contributed by atoms with van der Waals surface area (Å²) in [7, 11) is 0. The normalized spacial score (nSPS) is 10.2. The van der Waals surface area contributed by atoms with Gasteiger partial charge in [0.25, 0.3) is 0 Å². The molecule has 3 heteroatoms. The van der Waals surface area contributed by atoms with Gasteiger partial charge in [-0.2, -0.15) is 0 Å². The first-order valence-electron chi connectivity index (χ1n) is 6.10. The van der Waals surface area contributed by atoms with E-state index in [1.165, 1.54) is 5.56 Å². The van der Waals surface area contributed by atoms with E-state index < -0.39 is 0 Å². The van der Waals surface area contributed by atoms with Crippen molar-refractivity contribution in [3.8, 4) is 0 Å². The zero-order chi connectivity index (χ0) is 12.3. The second kappa shape index (κ2) is 8.76. The van der Waals surface area contributed by atoms with Crippen molar-refractivity contribution in [2.75, 3.05) is 19.8 Å². The van der Waals surface area contributed by atoms with Crippen molar-refractivity contribution in [2.45, 2.75) is 26.2 Å². The molecule has 0 unspecified atom stereocenters. The summed E-state index contributed by atoms with van der Waals surface area (Å²) in [6.45, 7) is 3.56. The zero-order valence-electron chi connectivity index (χ0n) is 10.4. The van der Waals surface area contributed by atoms with Gasteiger partial charge in [0.15, 0.2) is 0 Å². The second-order valence-electron chi connectivity index (χ2n) is 3.82. The molecule has 0 fully saturated rings. The Hall–Kier alpha value is -1.35. The fraction of sp³-hybridized carbons (Fsp3) is 0.500. The molecule has 0 aliphatic carbocycles. The first kappa shape index (κ1) is 13.7. The van der Waals surface area contributed by atoms with Gasteiger partial charge in [-0.15, -0.1) is 0 Å². The fourth-order valence-corrected chi connectivity index (χ4v) is 1.38. The van der Waals surface area contributed by atoms with Crippen LogP contribution in [0.3, 0.4) is 0 Å². The Morgan fingerprint density at radius 1 is 1.12 bits per heavy atom. The Labute approximate surface area is 103 Å². The molecule has 1 aromatic rings. The molecule has 0 aliphatic rings. The molecule has 17 heavy (non-hydrogen) atoms. The standard InChI is InChI=1S/C14H20O3/c1-2-10-17-14(15)9-12-16-11-8-13-6-4-3-5-7-13/h3-7H,2,8-12H2,1H3. The third kappa shape index (κ3) is 6.74. The lowest BCUT2D eigenvalue weighted by Gasteiger charge is -2.05. The molecule has 0 aromatic heterocycles. The van der Waals surface area contributed by atoms with Crippen molar-refractivity contribution >= 4 is 5.97 Å². The van der Waals surface area contributed by atoms with E-state index in [0.717, 1.165) is 12.8 Å². The van der Waals surface area contributed by atoms with Crippen molar-refractivity contribution in [1.29, 1.82) is 0 Å². The predicted molar refractivity (Wildman–Crippen MR) is 66.8 cm³/mol. The maximum Gasteiger partial charge on any atom is 0.308 e. The Balaban J connectivity index is 1.99. The topological polar surface area (TPSA) is 35.5 Å². The first-order chi connectivity index (χ1) is 8.33. The second-order valence-corrected chi connectivity index (χ2v) is 3.82. The van der Waals surface area contributed by atoms with Crippen LogP contribution in [0, 0.1) is 0 Å². The van der Waals surface area contributed by atoms with E-state index >= 15 is 0 Å². The fourth-order valence-electron chi connectivity index (χ4n) is 1.38. The van der Waals surface area contributed by atoms with Gasteiger partial charge >= 0.3 is 5.97 Å². The number of ether oxygens (including phenoxy) is 2. The molecule has 0 N–H and O–H groups in total. The summed E-state index contributed by atoms with van der Waals surface area (Å²) in [6.07, 6.45) is 2.08. The lowest BCUT2D eigenvalue weighted by Crippen LogP contribution is -2.10. The lowest BCUT2D eigenvalue weighted by atomic mass is 10.2. The summed E-state index contributed by atoms with van der Waals surface area (Å²) >= 11 is 0.